The van der Waals surface area contributed by atoms with E-state index in [1.165, 1.54) is 55.5 Å². The Morgan fingerprint density at radius 1 is 1.08 bits per heavy atom. The SMILES string of the molecule is C/C(=N/NC(=O)CN(c1cc(C(F)(F)F)ccc1Cl)S(=O)(=O)c1ccccc1)c1ccc([N+](=O)[O-])cc1. The minimum absolute atomic E-state index is 0.152. The van der Waals surface area contributed by atoms with Crippen LogP contribution in [-0.2, 0) is 21.0 Å². The Hall–Kier alpha value is -3.97. The van der Waals surface area contributed by atoms with Crippen molar-refractivity contribution in [2.45, 2.75) is 18.0 Å². The highest BCUT2D eigenvalue weighted by molar-refractivity contribution is 7.92. The van der Waals surface area contributed by atoms with Crippen LogP contribution in [0.1, 0.15) is 18.1 Å². The Kier molecular flexibility index (Phi) is 8.18. The first-order valence-electron chi connectivity index (χ1n) is 10.3. The minimum atomic E-state index is -4.80. The maximum absolute atomic E-state index is 13.3. The number of sulfonamides is 1. The van der Waals surface area contributed by atoms with Crippen molar-refractivity contribution in [3.05, 3.63) is 99.1 Å². The molecular formula is C23H18ClF3N4O5S. The first-order valence-corrected chi connectivity index (χ1v) is 12.1. The second-order valence-corrected chi connectivity index (χ2v) is 9.79. The smallest absolute Gasteiger partial charge is 0.271 e. The molecule has 0 atom stereocenters. The zero-order chi connectivity index (χ0) is 27.4. The summed E-state index contributed by atoms with van der Waals surface area (Å²) in [6, 6.07) is 14.2. The number of anilines is 1. The van der Waals surface area contributed by atoms with Crippen LogP contribution < -0.4 is 9.73 Å². The van der Waals surface area contributed by atoms with Gasteiger partial charge in [0.2, 0.25) is 0 Å². The molecule has 0 aromatic heterocycles. The van der Waals surface area contributed by atoms with Crippen molar-refractivity contribution >= 4 is 44.6 Å². The summed E-state index contributed by atoms with van der Waals surface area (Å²) in [7, 11) is -4.53. The molecule has 0 aliphatic carbocycles. The van der Waals surface area contributed by atoms with Crippen molar-refractivity contribution in [3.8, 4) is 0 Å². The van der Waals surface area contributed by atoms with Gasteiger partial charge < -0.3 is 0 Å². The van der Waals surface area contributed by atoms with E-state index in [4.69, 9.17) is 11.6 Å². The maximum atomic E-state index is 13.3. The number of nitrogens with one attached hydrogen (secondary N) is 1. The van der Waals surface area contributed by atoms with Crippen LogP contribution in [0.2, 0.25) is 5.02 Å². The van der Waals surface area contributed by atoms with Gasteiger partial charge in [0, 0.05) is 12.1 Å². The van der Waals surface area contributed by atoms with Crippen LogP contribution in [0.4, 0.5) is 24.5 Å². The summed E-state index contributed by atoms with van der Waals surface area (Å²) in [5.41, 5.74) is 0.954. The van der Waals surface area contributed by atoms with E-state index in [1.54, 1.807) is 6.07 Å². The number of carbonyl (C=O) groups excluding carboxylic acids is 1. The largest absolute Gasteiger partial charge is 0.416 e. The molecule has 0 bridgehead atoms. The van der Waals surface area contributed by atoms with Crippen LogP contribution >= 0.6 is 11.6 Å². The number of nitro benzene ring substituents is 1. The van der Waals surface area contributed by atoms with Gasteiger partial charge in [0.25, 0.3) is 21.6 Å². The molecule has 0 spiro atoms. The third-order valence-electron chi connectivity index (χ3n) is 5.00. The molecule has 3 aromatic rings. The lowest BCUT2D eigenvalue weighted by atomic mass is 10.1. The zero-order valence-electron chi connectivity index (χ0n) is 18.9. The predicted octanol–water partition coefficient (Wildman–Crippen LogP) is 5.00. The highest BCUT2D eigenvalue weighted by atomic mass is 35.5. The first-order chi connectivity index (χ1) is 17.3. The topological polar surface area (TPSA) is 122 Å². The van der Waals surface area contributed by atoms with Crippen molar-refractivity contribution in [1.82, 2.24) is 5.43 Å². The summed E-state index contributed by atoms with van der Waals surface area (Å²) < 4.78 is 67.2. The number of alkyl halides is 3. The number of hydrogen-bond donors (Lipinski definition) is 1. The predicted molar refractivity (Wildman–Crippen MR) is 131 cm³/mol. The Labute approximate surface area is 214 Å². The molecule has 37 heavy (non-hydrogen) atoms. The van der Waals surface area contributed by atoms with E-state index >= 15 is 0 Å². The molecule has 1 amide bonds. The molecule has 14 heteroatoms. The number of benzene rings is 3. The maximum Gasteiger partial charge on any atom is 0.416 e. The molecule has 0 heterocycles. The zero-order valence-corrected chi connectivity index (χ0v) is 20.5. The van der Waals surface area contributed by atoms with E-state index in [9.17, 15) is 36.5 Å². The summed E-state index contributed by atoms with van der Waals surface area (Å²) in [6.07, 6.45) is -4.80. The number of rotatable bonds is 8. The number of hydrogen-bond acceptors (Lipinski definition) is 6. The number of hydrazone groups is 1. The van der Waals surface area contributed by atoms with Gasteiger partial charge in [-0.3, -0.25) is 19.2 Å². The molecule has 0 unspecified atom stereocenters. The highest BCUT2D eigenvalue weighted by Gasteiger charge is 2.34. The van der Waals surface area contributed by atoms with Crippen LogP contribution in [-0.4, -0.2) is 31.5 Å². The molecule has 1 N–H and O–H groups in total. The Bertz CT molecular complexity index is 1450. The highest BCUT2D eigenvalue weighted by Crippen LogP contribution is 2.37. The first kappa shape index (κ1) is 27.6. The van der Waals surface area contributed by atoms with Gasteiger partial charge in [0.05, 0.1) is 31.8 Å². The van der Waals surface area contributed by atoms with Crippen LogP contribution in [0, 0.1) is 10.1 Å². The lowest BCUT2D eigenvalue weighted by Crippen LogP contribution is -2.40. The number of non-ortho nitro benzene ring substituents is 1. The third-order valence-corrected chi connectivity index (χ3v) is 7.10. The lowest BCUT2D eigenvalue weighted by molar-refractivity contribution is -0.384. The number of amides is 1. The van der Waals surface area contributed by atoms with Gasteiger partial charge in [-0.15, -0.1) is 0 Å². The molecule has 3 aromatic carbocycles. The van der Waals surface area contributed by atoms with Crippen molar-refractivity contribution in [2.75, 3.05) is 10.8 Å². The quantitative estimate of drug-likeness (QED) is 0.238. The van der Waals surface area contributed by atoms with Crippen molar-refractivity contribution in [2.24, 2.45) is 5.10 Å². The van der Waals surface area contributed by atoms with E-state index in [-0.39, 0.29) is 21.3 Å². The van der Waals surface area contributed by atoms with Gasteiger partial charge in [0.1, 0.15) is 6.54 Å². The van der Waals surface area contributed by atoms with Crippen LogP contribution in [0.15, 0.2) is 82.8 Å². The molecule has 0 fully saturated rings. The number of carbonyl (C=O) groups is 1. The summed E-state index contributed by atoms with van der Waals surface area (Å²) in [5.74, 6) is -0.978. The minimum Gasteiger partial charge on any atom is -0.271 e. The fraction of sp³-hybridized carbons (Fsp3) is 0.130. The van der Waals surface area contributed by atoms with E-state index in [2.05, 4.69) is 10.5 Å². The van der Waals surface area contributed by atoms with Crippen LogP contribution in [0.5, 0.6) is 0 Å². The molecule has 0 saturated carbocycles. The Morgan fingerprint density at radius 2 is 1.70 bits per heavy atom. The molecule has 0 radical (unpaired) electrons. The average molecular weight is 555 g/mol. The summed E-state index contributed by atoms with van der Waals surface area (Å²) >= 11 is 6.08. The third kappa shape index (κ3) is 6.62. The molecule has 9 nitrogen and oxygen atoms in total. The van der Waals surface area contributed by atoms with E-state index in [0.717, 1.165) is 6.07 Å². The molecule has 0 saturated heterocycles. The average Bonchev–Trinajstić information content (AvgIpc) is 2.86. The Balaban J connectivity index is 1.95. The molecule has 194 valence electrons. The van der Waals surface area contributed by atoms with Gasteiger partial charge in [-0.25, -0.2) is 13.8 Å². The number of halogens is 4. The van der Waals surface area contributed by atoms with Crippen LogP contribution in [0.25, 0.3) is 0 Å². The molecular weight excluding hydrogens is 537 g/mol. The van der Waals surface area contributed by atoms with Gasteiger partial charge in [-0.05, 0) is 55.0 Å². The molecule has 0 aliphatic heterocycles. The summed E-state index contributed by atoms with van der Waals surface area (Å²) in [6.45, 7) is 0.541. The number of nitrogens with zero attached hydrogens (tertiary/aromatic N) is 3. The van der Waals surface area contributed by atoms with Gasteiger partial charge in [0.15, 0.2) is 0 Å². The molecule has 0 aliphatic rings. The fourth-order valence-corrected chi connectivity index (χ4v) is 4.82. The Morgan fingerprint density at radius 3 is 2.27 bits per heavy atom. The van der Waals surface area contributed by atoms with Gasteiger partial charge in [-0.2, -0.15) is 18.3 Å². The van der Waals surface area contributed by atoms with Crippen molar-refractivity contribution in [1.29, 1.82) is 0 Å². The van der Waals surface area contributed by atoms with E-state index in [1.807, 2.05) is 0 Å². The summed E-state index contributed by atoms with van der Waals surface area (Å²) in [5, 5.41) is 14.3. The van der Waals surface area contributed by atoms with E-state index in [0.29, 0.717) is 22.0 Å². The molecule has 3 rings (SSSR count). The van der Waals surface area contributed by atoms with Gasteiger partial charge >= 0.3 is 6.18 Å². The normalized spacial score (nSPS) is 12.2. The second kappa shape index (κ2) is 11.0. The standard InChI is InChI=1S/C23H18ClF3N4O5S/c1-15(16-7-10-18(11-8-16)31(33)34)28-29-22(32)14-30(37(35,36)19-5-3-2-4-6-19)21-13-17(23(25,26)27)9-12-20(21)24/h2-13H,14H2,1H3,(H,29,32)/b28-15-. The van der Waals surface area contributed by atoms with Crippen LogP contribution in [0.3, 0.4) is 0 Å². The van der Waals surface area contributed by atoms with Gasteiger partial charge in [-0.1, -0.05) is 29.8 Å². The lowest BCUT2D eigenvalue weighted by Gasteiger charge is -2.25. The number of nitro groups is 1. The fourth-order valence-electron chi connectivity index (χ4n) is 3.10. The summed E-state index contributed by atoms with van der Waals surface area (Å²) in [4.78, 5) is 22.6. The second-order valence-electron chi connectivity index (χ2n) is 7.52. The monoisotopic (exact) mass is 554 g/mol. The van der Waals surface area contributed by atoms with E-state index < -0.39 is 44.8 Å². The van der Waals surface area contributed by atoms with Crippen molar-refractivity contribution in [3.63, 3.8) is 0 Å². The van der Waals surface area contributed by atoms with Crippen molar-refractivity contribution < 1.29 is 31.3 Å².